The summed E-state index contributed by atoms with van der Waals surface area (Å²) in [6, 6.07) is 13.1. The minimum absolute atomic E-state index is 0.00107. The highest BCUT2D eigenvalue weighted by atomic mass is 35.5. The quantitative estimate of drug-likeness (QED) is 0.445. The molecule has 0 amide bonds. The van der Waals surface area contributed by atoms with Crippen LogP contribution in [0, 0.1) is 22.0 Å². The molecule has 162 valence electrons. The van der Waals surface area contributed by atoms with Crippen LogP contribution in [-0.2, 0) is 13.1 Å². The first kappa shape index (κ1) is 22.5. The molecule has 0 aliphatic heterocycles. The first-order chi connectivity index (χ1) is 14.5. The van der Waals surface area contributed by atoms with E-state index >= 15 is 0 Å². The third-order valence-electron chi connectivity index (χ3n) is 5.96. The van der Waals surface area contributed by atoms with Crippen LogP contribution in [-0.4, -0.2) is 30.0 Å². The van der Waals surface area contributed by atoms with Crippen LogP contribution < -0.4 is 10.5 Å². The summed E-state index contributed by atoms with van der Waals surface area (Å²) in [5.41, 5.74) is 7.89. The minimum Gasteiger partial charge on any atom is -0.490 e. The summed E-state index contributed by atoms with van der Waals surface area (Å²) in [5.74, 6) is 1.54. The van der Waals surface area contributed by atoms with Crippen molar-refractivity contribution >= 4 is 17.3 Å². The van der Waals surface area contributed by atoms with E-state index in [2.05, 4.69) is 11.0 Å². The summed E-state index contributed by atoms with van der Waals surface area (Å²) in [6.07, 6.45) is 4.72. The molecule has 0 radical (unpaired) electrons. The largest absolute Gasteiger partial charge is 0.490 e. The molecule has 1 fully saturated rings. The molecule has 30 heavy (non-hydrogen) atoms. The monoisotopic (exact) mass is 431 g/mol. The number of hydrogen-bond donors (Lipinski definition) is 1. The van der Waals surface area contributed by atoms with Gasteiger partial charge in [0.15, 0.2) is 5.75 Å². The Bertz CT molecular complexity index is 853. The zero-order chi connectivity index (χ0) is 21.5. The maximum Gasteiger partial charge on any atom is 0.311 e. The molecule has 7 heteroatoms. The number of rotatable bonds is 9. The Hall–Kier alpha value is -2.15. The van der Waals surface area contributed by atoms with E-state index in [0.717, 1.165) is 35.8 Å². The van der Waals surface area contributed by atoms with Gasteiger partial charge in [0.2, 0.25) is 0 Å². The van der Waals surface area contributed by atoms with Crippen LogP contribution in [0.3, 0.4) is 0 Å². The summed E-state index contributed by atoms with van der Waals surface area (Å²) in [7, 11) is 1.45. The summed E-state index contributed by atoms with van der Waals surface area (Å²) >= 11 is 6.18. The maximum atomic E-state index is 11.4. The van der Waals surface area contributed by atoms with E-state index in [0.29, 0.717) is 18.4 Å². The third-order valence-corrected chi connectivity index (χ3v) is 6.19. The van der Waals surface area contributed by atoms with Crippen molar-refractivity contribution < 1.29 is 9.66 Å². The van der Waals surface area contributed by atoms with E-state index in [9.17, 15) is 10.1 Å². The smallest absolute Gasteiger partial charge is 0.311 e. The SMILES string of the molecule is COc1ccc(CN(Cc2cccc(Cl)c2)CC2CCC(CN)CC2)cc1[N+](=O)[O-]. The van der Waals surface area contributed by atoms with Crippen LogP contribution in [0.15, 0.2) is 42.5 Å². The number of nitrogens with zero attached hydrogens (tertiary/aromatic N) is 2. The van der Waals surface area contributed by atoms with E-state index in [1.165, 1.54) is 32.8 Å². The van der Waals surface area contributed by atoms with Gasteiger partial charge in [0.1, 0.15) is 0 Å². The first-order valence-corrected chi connectivity index (χ1v) is 10.8. The van der Waals surface area contributed by atoms with Crippen molar-refractivity contribution in [1.29, 1.82) is 0 Å². The van der Waals surface area contributed by atoms with Crippen molar-refractivity contribution in [2.75, 3.05) is 20.2 Å². The van der Waals surface area contributed by atoms with Crippen LogP contribution in [0.2, 0.25) is 5.02 Å². The topological polar surface area (TPSA) is 81.6 Å². The summed E-state index contributed by atoms with van der Waals surface area (Å²) in [5, 5.41) is 12.1. The van der Waals surface area contributed by atoms with Crippen LogP contribution in [0.5, 0.6) is 5.75 Å². The van der Waals surface area contributed by atoms with Crippen molar-refractivity contribution in [1.82, 2.24) is 4.90 Å². The van der Waals surface area contributed by atoms with Gasteiger partial charge in [-0.3, -0.25) is 15.0 Å². The molecule has 0 atom stereocenters. The highest BCUT2D eigenvalue weighted by Crippen LogP contribution is 2.31. The fourth-order valence-corrected chi connectivity index (χ4v) is 4.54. The number of nitrogens with two attached hydrogens (primary N) is 1. The Kier molecular flexibility index (Phi) is 8.08. The Morgan fingerprint density at radius 1 is 1.10 bits per heavy atom. The summed E-state index contributed by atoms with van der Waals surface area (Å²) in [6.45, 7) is 3.10. The van der Waals surface area contributed by atoms with Gasteiger partial charge >= 0.3 is 5.69 Å². The second-order valence-electron chi connectivity index (χ2n) is 8.19. The van der Waals surface area contributed by atoms with Crippen molar-refractivity contribution in [2.45, 2.75) is 38.8 Å². The molecule has 1 aliphatic carbocycles. The van der Waals surface area contributed by atoms with Crippen molar-refractivity contribution in [3.8, 4) is 5.75 Å². The van der Waals surface area contributed by atoms with E-state index < -0.39 is 4.92 Å². The molecule has 0 unspecified atom stereocenters. The molecule has 1 aliphatic rings. The molecule has 0 heterocycles. The molecule has 1 saturated carbocycles. The molecular formula is C23H30ClN3O3. The Morgan fingerprint density at radius 3 is 2.37 bits per heavy atom. The zero-order valence-corrected chi connectivity index (χ0v) is 18.2. The number of nitro benzene ring substituents is 1. The molecule has 2 N–H and O–H groups in total. The minimum atomic E-state index is -0.391. The van der Waals surface area contributed by atoms with E-state index in [4.69, 9.17) is 22.1 Å². The zero-order valence-electron chi connectivity index (χ0n) is 17.4. The van der Waals surface area contributed by atoms with Gasteiger partial charge in [0.05, 0.1) is 12.0 Å². The Morgan fingerprint density at radius 2 is 1.77 bits per heavy atom. The summed E-state index contributed by atoms with van der Waals surface area (Å²) in [4.78, 5) is 13.4. The van der Waals surface area contributed by atoms with Gasteiger partial charge < -0.3 is 10.5 Å². The fraction of sp³-hybridized carbons (Fsp3) is 0.478. The van der Waals surface area contributed by atoms with Gasteiger partial charge in [-0.05, 0) is 73.4 Å². The number of nitro groups is 1. The third kappa shape index (κ3) is 6.17. The molecule has 6 nitrogen and oxygen atoms in total. The van der Waals surface area contributed by atoms with Gasteiger partial charge in [-0.15, -0.1) is 0 Å². The highest BCUT2D eigenvalue weighted by Gasteiger charge is 2.23. The average molecular weight is 432 g/mol. The van der Waals surface area contributed by atoms with Crippen molar-refractivity contribution in [2.24, 2.45) is 17.6 Å². The molecule has 3 rings (SSSR count). The van der Waals surface area contributed by atoms with E-state index in [1.54, 1.807) is 12.1 Å². The van der Waals surface area contributed by atoms with E-state index in [-0.39, 0.29) is 11.4 Å². The number of halogens is 1. The summed E-state index contributed by atoms with van der Waals surface area (Å²) < 4.78 is 5.14. The molecule has 0 bridgehead atoms. The number of ether oxygens (including phenoxy) is 1. The second-order valence-corrected chi connectivity index (χ2v) is 8.62. The van der Waals surface area contributed by atoms with Gasteiger partial charge in [0, 0.05) is 30.7 Å². The maximum absolute atomic E-state index is 11.4. The molecule has 0 spiro atoms. The van der Waals surface area contributed by atoms with Crippen molar-refractivity contribution in [3.05, 3.63) is 68.7 Å². The van der Waals surface area contributed by atoms with Crippen molar-refractivity contribution in [3.63, 3.8) is 0 Å². The predicted octanol–water partition coefficient (Wildman–Crippen LogP) is 5.02. The van der Waals surface area contributed by atoms with E-state index in [1.807, 2.05) is 24.3 Å². The van der Waals surface area contributed by atoms with Crippen LogP contribution in [0.25, 0.3) is 0 Å². The molecule has 2 aromatic rings. The number of methoxy groups -OCH3 is 1. The standard InChI is InChI=1S/C23H30ClN3O3/c1-30-23-10-9-20(12-22(23)27(28)29)16-26(15-19-3-2-4-21(24)11-19)14-18-7-5-17(13-25)6-8-18/h2-4,9-12,17-18H,5-8,13-16,25H2,1H3. The Balaban J connectivity index is 1.76. The molecular weight excluding hydrogens is 402 g/mol. The fourth-order valence-electron chi connectivity index (χ4n) is 4.33. The first-order valence-electron chi connectivity index (χ1n) is 10.5. The molecule has 2 aromatic carbocycles. The lowest BCUT2D eigenvalue weighted by atomic mass is 9.82. The van der Waals surface area contributed by atoms with Gasteiger partial charge in [-0.2, -0.15) is 0 Å². The second kappa shape index (κ2) is 10.8. The predicted molar refractivity (Wildman–Crippen MR) is 120 cm³/mol. The van der Waals surface area contributed by atoms with Gasteiger partial charge in [-0.25, -0.2) is 0 Å². The Labute approximate surface area is 183 Å². The van der Waals surface area contributed by atoms with Crippen LogP contribution in [0.4, 0.5) is 5.69 Å². The van der Waals surface area contributed by atoms with Crippen LogP contribution in [0.1, 0.15) is 36.8 Å². The number of benzene rings is 2. The van der Waals surface area contributed by atoms with Gasteiger partial charge in [-0.1, -0.05) is 29.8 Å². The lowest BCUT2D eigenvalue weighted by Crippen LogP contribution is -2.32. The van der Waals surface area contributed by atoms with Gasteiger partial charge in [0.25, 0.3) is 0 Å². The molecule has 0 saturated heterocycles. The average Bonchev–Trinajstić information content (AvgIpc) is 2.74. The number of hydrogen-bond acceptors (Lipinski definition) is 5. The lowest BCUT2D eigenvalue weighted by Gasteiger charge is -2.32. The van der Waals surface area contributed by atoms with Crippen LogP contribution >= 0.6 is 11.6 Å². The molecule has 0 aromatic heterocycles. The lowest BCUT2D eigenvalue weighted by molar-refractivity contribution is -0.385. The highest BCUT2D eigenvalue weighted by molar-refractivity contribution is 6.30. The normalized spacial score (nSPS) is 19.1.